The highest BCUT2D eigenvalue weighted by Crippen LogP contribution is 2.21. The van der Waals surface area contributed by atoms with E-state index in [1.54, 1.807) is 0 Å². The Kier molecular flexibility index (Phi) is 1.68. The summed E-state index contributed by atoms with van der Waals surface area (Å²) >= 11 is 6.51. The van der Waals surface area contributed by atoms with Crippen molar-refractivity contribution in [1.82, 2.24) is 4.98 Å². The van der Waals surface area contributed by atoms with E-state index in [9.17, 15) is 4.79 Å². The maximum Gasteiger partial charge on any atom is 0.182 e. The largest absolute Gasteiger partial charge is 0.375 e. The molecule has 5 heteroatoms. The van der Waals surface area contributed by atoms with Crippen molar-refractivity contribution in [2.45, 2.75) is 0 Å². The lowest BCUT2D eigenvalue weighted by atomic mass is 10.6. The van der Waals surface area contributed by atoms with Crippen molar-refractivity contribution < 1.29 is 4.79 Å². The normalized spacial score (nSPS) is 9.44. The van der Waals surface area contributed by atoms with Gasteiger partial charge in [0.15, 0.2) is 16.6 Å². The molecule has 3 nitrogen and oxygen atoms in total. The van der Waals surface area contributed by atoms with Crippen LogP contribution in [0, 0.1) is 0 Å². The average molecular weight is 163 g/mol. The minimum atomic E-state index is 0.188. The molecule has 48 valence electrons. The van der Waals surface area contributed by atoms with Crippen LogP contribution < -0.4 is 5.73 Å². The van der Waals surface area contributed by atoms with Gasteiger partial charge in [-0.15, -0.1) is 0 Å². The molecule has 0 radical (unpaired) electrons. The van der Waals surface area contributed by atoms with E-state index in [1.165, 1.54) is 0 Å². The van der Waals surface area contributed by atoms with Gasteiger partial charge in [0.2, 0.25) is 0 Å². The van der Waals surface area contributed by atoms with Crippen molar-refractivity contribution in [2.75, 3.05) is 5.73 Å². The van der Waals surface area contributed by atoms with Gasteiger partial charge in [-0.25, -0.2) is 4.98 Å². The van der Waals surface area contributed by atoms with Crippen molar-refractivity contribution in [1.29, 1.82) is 0 Å². The van der Waals surface area contributed by atoms with E-state index in [-0.39, 0.29) is 5.15 Å². The van der Waals surface area contributed by atoms with Crippen LogP contribution in [0.3, 0.4) is 0 Å². The fourth-order valence-electron chi connectivity index (χ4n) is 0.402. The zero-order valence-electron chi connectivity index (χ0n) is 4.30. The summed E-state index contributed by atoms with van der Waals surface area (Å²) in [4.78, 5) is 14.1. The molecule has 0 bridgehead atoms. The molecule has 1 rings (SSSR count). The van der Waals surface area contributed by atoms with Crippen LogP contribution in [0.4, 0.5) is 5.13 Å². The van der Waals surface area contributed by atoms with E-state index in [0.29, 0.717) is 16.3 Å². The van der Waals surface area contributed by atoms with E-state index in [0.717, 1.165) is 11.3 Å². The van der Waals surface area contributed by atoms with E-state index >= 15 is 0 Å². The Hall–Kier alpha value is -0.610. The number of halogens is 1. The number of aldehydes is 1. The Labute approximate surface area is 60.5 Å². The van der Waals surface area contributed by atoms with Gasteiger partial charge in [0.05, 0.1) is 0 Å². The number of rotatable bonds is 1. The SMILES string of the molecule is Nc1nc(Cl)c(C=O)s1. The Morgan fingerprint density at radius 3 is 2.67 bits per heavy atom. The third-order valence-electron chi connectivity index (χ3n) is 0.733. The molecular weight excluding hydrogens is 160 g/mol. The summed E-state index contributed by atoms with van der Waals surface area (Å²) in [5.74, 6) is 0. The summed E-state index contributed by atoms with van der Waals surface area (Å²) in [7, 11) is 0. The third kappa shape index (κ3) is 1.20. The fourth-order valence-corrected chi connectivity index (χ4v) is 1.24. The number of nitrogens with two attached hydrogens (primary N) is 1. The highest BCUT2D eigenvalue weighted by Gasteiger charge is 2.03. The van der Waals surface area contributed by atoms with Gasteiger partial charge in [-0.1, -0.05) is 22.9 Å². The summed E-state index contributed by atoms with van der Waals surface area (Å²) in [5, 5.41) is 0.509. The maximum absolute atomic E-state index is 10.1. The first-order valence-electron chi connectivity index (χ1n) is 2.11. The summed E-state index contributed by atoms with van der Waals surface area (Å²) < 4.78 is 0. The standard InChI is InChI=1S/C4H3ClN2OS/c5-3-2(1-8)9-4(6)7-3/h1H,(H2,6,7). The molecule has 0 saturated carbocycles. The van der Waals surface area contributed by atoms with Crippen LogP contribution in [0.2, 0.25) is 5.15 Å². The molecular formula is C4H3ClN2OS. The molecule has 0 aromatic carbocycles. The molecule has 0 aliphatic carbocycles. The van der Waals surface area contributed by atoms with Crippen LogP contribution in [0.25, 0.3) is 0 Å². The number of nitrogen functional groups attached to an aromatic ring is 1. The second-order valence-electron chi connectivity index (χ2n) is 1.33. The Morgan fingerprint density at radius 2 is 2.44 bits per heavy atom. The highest BCUT2D eigenvalue weighted by molar-refractivity contribution is 7.17. The van der Waals surface area contributed by atoms with Crippen LogP contribution in [0.15, 0.2) is 0 Å². The van der Waals surface area contributed by atoms with Crippen LogP contribution in [0.5, 0.6) is 0 Å². The first kappa shape index (κ1) is 6.51. The Morgan fingerprint density at radius 1 is 1.78 bits per heavy atom. The molecule has 0 aliphatic rings. The van der Waals surface area contributed by atoms with Gasteiger partial charge in [0.25, 0.3) is 0 Å². The Balaban J connectivity index is 3.15. The monoisotopic (exact) mass is 162 g/mol. The van der Waals surface area contributed by atoms with E-state index in [4.69, 9.17) is 17.3 Å². The van der Waals surface area contributed by atoms with Gasteiger partial charge in [-0.05, 0) is 0 Å². The van der Waals surface area contributed by atoms with Crippen LogP contribution in [0.1, 0.15) is 9.67 Å². The molecule has 1 heterocycles. The maximum atomic E-state index is 10.1. The average Bonchev–Trinajstić information content (AvgIpc) is 2.10. The lowest BCUT2D eigenvalue weighted by molar-refractivity contribution is 0.112. The minimum Gasteiger partial charge on any atom is -0.375 e. The van der Waals surface area contributed by atoms with E-state index in [1.807, 2.05) is 0 Å². The predicted molar refractivity (Wildman–Crippen MR) is 36.9 cm³/mol. The number of carbonyl (C=O) groups is 1. The Bertz CT molecular complexity index is 234. The zero-order valence-corrected chi connectivity index (χ0v) is 5.87. The lowest BCUT2D eigenvalue weighted by Gasteiger charge is -1.73. The lowest BCUT2D eigenvalue weighted by Crippen LogP contribution is -1.78. The second kappa shape index (κ2) is 2.33. The van der Waals surface area contributed by atoms with Gasteiger partial charge in [-0.2, -0.15) is 0 Å². The minimum absolute atomic E-state index is 0.188. The highest BCUT2D eigenvalue weighted by atomic mass is 35.5. The van der Waals surface area contributed by atoms with Crippen LogP contribution in [-0.2, 0) is 0 Å². The molecule has 0 unspecified atom stereocenters. The smallest absolute Gasteiger partial charge is 0.182 e. The van der Waals surface area contributed by atoms with Gasteiger partial charge in [-0.3, -0.25) is 4.79 Å². The quantitative estimate of drug-likeness (QED) is 0.632. The summed E-state index contributed by atoms with van der Waals surface area (Å²) in [6.07, 6.45) is 0.635. The van der Waals surface area contributed by atoms with Crippen molar-refractivity contribution in [3.8, 4) is 0 Å². The van der Waals surface area contributed by atoms with Gasteiger partial charge >= 0.3 is 0 Å². The number of anilines is 1. The molecule has 2 N–H and O–H groups in total. The van der Waals surface area contributed by atoms with Crippen LogP contribution in [-0.4, -0.2) is 11.3 Å². The van der Waals surface area contributed by atoms with Crippen molar-refractivity contribution in [3.63, 3.8) is 0 Å². The summed E-state index contributed by atoms with van der Waals surface area (Å²) in [6.45, 7) is 0. The number of aromatic nitrogens is 1. The number of hydrogen-bond acceptors (Lipinski definition) is 4. The molecule has 0 saturated heterocycles. The number of thiazole rings is 1. The van der Waals surface area contributed by atoms with Crippen LogP contribution >= 0.6 is 22.9 Å². The number of nitrogens with zero attached hydrogens (tertiary/aromatic N) is 1. The summed E-state index contributed by atoms with van der Waals surface area (Å²) in [6, 6.07) is 0. The molecule has 1 aromatic heterocycles. The molecule has 0 amide bonds. The first-order chi connectivity index (χ1) is 4.24. The number of hydrogen-bond donors (Lipinski definition) is 1. The molecule has 0 atom stereocenters. The molecule has 9 heavy (non-hydrogen) atoms. The van der Waals surface area contributed by atoms with E-state index < -0.39 is 0 Å². The van der Waals surface area contributed by atoms with Crippen molar-refractivity contribution >= 4 is 34.4 Å². The molecule has 0 aliphatic heterocycles. The first-order valence-corrected chi connectivity index (χ1v) is 3.30. The van der Waals surface area contributed by atoms with Gasteiger partial charge in [0.1, 0.15) is 4.88 Å². The van der Waals surface area contributed by atoms with Gasteiger partial charge in [0, 0.05) is 0 Å². The van der Waals surface area contributed by atoms with E-state index in [2.05, 4.69) is 4.98 Å². The molecule has 1 aromatic rings. The molecule has 0 fully saturated rings. The zero-order chi connectivity index (χ0) is 6.85. The van der Waals surface area contributed by atoms with Crippen molar-refractivity contribution in [2.24, 2.45) is 0 Å². The third-order valence-corrected chi connectivity index (χ3v) is 1.94. The summed E-state index contributed by atoms with van der Waals surface area (Å²) in [5.41, 5.74) is 5.22. The topological polar surface area (TPSA) is 56.0 Å². The fraction of sp³-hybridized carbons (Fsp3) is 0. The van der Waals surface area contributed by atoms with Gasteiger partial charge < -0.3 is 5.73 Å². The molecule has 0 spiro atoms. The second-order valence-corrected chi connectivity index (χ2v) is 2.75. The van der Waals surface area contributed by atoms with Crippen molar-refractivity contribution in [3.05, 3.63) is 10.0 Å². The number of carbonyl (C=O) groups excluding carboxylic acids is 1. The predicted octanol–water partition coefficient (Wildman–Crippen LogP) is 1.19.